The topological polar surface area (TPSA) is 98.5 Å². The molecule has 20 heavy (non-hydrogen) atoms. The molecule has 0 aliphatic heterocycles. The molecular formula is C13H22N4O3. The van der Waals surface area contributed by atoms with Gasteiger partial charge in [0.1, 0.15) is 5.82 Å². The number of nitrogen functional groups attached to an aromatic ring is 1. The third-order valence-corrected chi connectivity index (χ3v) is 2.39. The molecule has 0 spiro atoms. The molecule has 0 saturated carbocycles. The second kappa shape index (κ2) is 8.98. The van der Waals surface area contributed by atoms with Crippen molar-refractivity contribution in [1.82, 2.24) is 10.3 Å². The Balaban J connectivity index is 2.45. The van der Waals surface area contributed by atoms with E-state index in [4.69, 9.17) is 15.2 Å². The van der Waals surface area contributed by atoms with Crippen molar-refractivity contribution >= 4 is 17.4 Å². The Hall–Kier alpha value is -2.02. The summed E-state index contributed by atoms with van der Waals surface area (Å²) in [5.41, 5.74) is 6.24. The number of hydrogen-bond donors (Lipinski definition) is 3. The monoisotopic (exact) mass is 282 g/mol. The van der Waals surface area contributed by atoms with Gasteiger partial charge in [-0.3, -0.25) is 4.79 Å². The SMILES string of the molecule is CCCOc1nc(NCC(=O)NCCOC)ccc1N. The molecule has 1 aromatic heterocycles. The average molecular weight is 282 g/mol. The lowest BCUT2D eigenvalue weighted by molar-refractivity contribution is -0.119. The van der Waals surface area contributed by atoms with Crippen LogP contribution in [0.2, 0.25) is 0 Å². The minimum Gasteiger partial charge on any atom is -0.476 e. The fraction of sp³-hybridized carbons (Fsp3) is 0.538. The molecule has 112 valence electrons. The number of carbonyl (C=O) groups is 1. The molecule has 0 aliphatic rings. The van der Waals surface area contributed by atoms with Crippen molar-refractivity contribution in [2.75, 3.05) is 44.5 Å². The van der Waals surface area contributed by atoms with Crippen molar-refractivity contribution in [3.8, 4) is 5.88 Å². The predicted octanol–water partition coefficient (Wildman–Crippen LogP) is 0.627. The first-order valence-electron chi connectivity index (χ1n) is 6.56. The van der Waals surface area contributed by atoms with Gasteiger partial charge < -0.3 is 25.8 Å². The molecule has 0 atom stereocenters. The minimum absolute atomic E-state index is 0.128. The maximum Gasteiger partial charge on any atom is 0.239 e. The van der Waals surface area contributed by atoms with E-state index in [1.807, 2.05) is 6.92 Å². The summed E-state index contributed by atoms with van der Waals surface area (Å²) in [6, 6.07) is 3.40. The Bertz CT molecular complexity index is 426. The highest BCUT2D eigenvalue weighted by molar-refractivity contribution is 5.80. The standard InChI is InChI=1S/C13H22N4O3/c1-3-7-20-13-10(14)4-5-11(17-13)16-9-12(18)15-6-8-19-2/h4-5H,3,6-9,14H2,1-2H3,(H,15,18)(H,16,17). The van der Waals surface area contributed by atoms with E-state index in [0.717, 1.165) is 6.42 Å². The van der Waals surface area contributed by atoms with E-state index >= 15 is 0 Å². The number of hydrogen-bond acceptors (Lipinski definition) is 6. The molecule has 0 bridgehead atoms. The van der Waals surface area contributed by atoms with Crippen LogP contribution < -0.4 is 21.1 Å². The zero-order valence-corrected chi connectivity index (χ0v) is 11.9. The van der Waals surface area contributed by atoms with Crippen molar-refractivity contribution in [2.45, 2.75) is 13.3 Å². The van der Waals surface area contributed by atoms with Crippen LogP contribution in [0.5, 0.6) is 5.88 Å². The van der Waals surface area contributed by atoms with Gasteiger partial charge in [0.05, 0.1) is 25.4 Å². The maximum atomic E-state index is 11.5. The van der Waals surface area contributed by atoms with Gasteiger partial charge in [0.15, 0.2) is 0 Å². The molecule has 0 aliphatic carbocycles. The Morgan fingerprint density at radius 2 is 2.20 bits per heavy atom. The number of aromatic nitrogens is 1. The van der Waals surface area contributed by atoms with Crippen LogP contribution in [0.4, 0.5) is 11.5 Å². The third-order valence-electron chi connectivity index (χ3n) is 2.39. The number of nitrogens with one attached hydrogen (secondary N) is 2. The van der Waals surface area contributed by atoms with Crippen LogP contribution in [0.25, 0.3) is 0 Å². The summed E-state index contributed by atoms with van der Waals surface area (Å²) in [6.45, 7) is 3.66. The summed E-state index contributed by atoms with van der Waals surface area (Å²) in [5.74, 6) is 0.806. The quantitative estimate of drug-likeness (QED) is 0.575. The lowest BCUT2D eigenvalue weighted by Crippen LogP contribution is -2.32. The van der Waals surface area contributed by atoms with Crippen molar-refractivity contribution in [3.05, 3.63) is 12.1 Å². The van der Waals surface area contributed by atoms with Crippen LogP contribution in [0.3, 0.4) is 0 Å². The third kappa shape index (κ3) is 5.75. The van der Waals surface area contributed by atoms with Crippen molar-refractivity contribution in [3.63, 3.8) is 0 Å². The summed E-state index contributed by atoms with van der Waals surface area (Å²) in [7, 11) is 1.58. The maximum absolute atomic E-state index is 11.5. The van der Waals surface area contributed by atoms with Gasteiger partial charge in [-0.1, -0.05) is 6.92 Å². The number of carbonyl (C=O) groups excluding carboxylic acids is 1. The van der Waals surface area contributed by atoms with Crippen molar-refractivity contribution < 1.29 is 14.3 Å². The lowest BCUT2D eigenvalue weighted by atomic mass is 10.4. The Labute approximate surface area is 118 Å². The average Bonchev–Trinajstić information content (AvgIpc) is 2.45. The smallest absolute Gasteiger partial charge is 0.239 e. The van der Waals surface area contributed by atoms with E-state index in [9.17, 15) is 4.79 Å². The highest BCUT2D eigenvalue weighted by Crippen LogP contribution is 2.20. The fourth-order valence-electron chi connectivity index (χ4n) is 1.39. The Morgan fingerprint density at radius 3 is 2.90 bits per heavy atom. The Morgan fingerprint density at radius 1 is 1.40 bits per heavy atom. The zero-order chi connectivity index (χ0) is 14.8. The van der Waals surface area contributed by atoms with Gasteiger partial charge in [-0.15, -0.1) is 0 Å². The number of rotatable bonds is 9. The molecule has 0 radical (unpaired) electrons. The van der Waals surface area contributed by atoms with Crippen LogP contribution in [0.1, 0.15) is 13.3 Å². The molecule has 4 N–H and O–H groups in total. The number of nitrogens with zero attached hydrogens (tertiary/aromatic N) is 1. The lowest BCUT2D eigenvalue weighted by Gasteiger charge is -2.10. The normalized spacial score (nSPS) is 10.1. The van der Waals surface area contributed by atoms with Crippen molar-refractivity contribution in [1.29, 1.82) is 0 Å². The molecule has 1 heterocycles. The fourth-order valence-corrected chi connectivity index (χ4v) is 1.39. The van der Waals surface area contributed by atoms with E-state index < -0.39 is 0 Å². The zero-order valence-electron chi connectivity index (χ0n) is 11.9. The molecule has 1 aromatic rings. The second-order valence-corrected chi connectivity index (χ2v) is 4.14. The van der Waals surface area contributed by atoms with Gasteiger partial charge in [0.25, 0.3) is 0 Å². The van der Waals surface area contributed by atoms with Gasteiger partial charge in [-0.25, -0.2) is 0 Å². The first-order valence-corrected chi connectivity index (χ1v) is 6.56. The van der Waals surface area contributed by atoms with Crippen LogP contribution in [-0.2, 0) is 9.53 Å². The van der Waals surface area contributed by atoms with E-state index in [-0.39, 0.29) is 12.5 Å². The number of methoxy groups -OCH3 is 1. The van der Waals surface area contributed by atoms with E-state index in [1.165, 1.54) is 0 Å². The first-order chi connectivity index (χ1) is 9.67. The van der Waals surface area contributed by atoms with Gasteiger partial charge in [0, 0.05) is 13.7 Å². The highest BCUT2D eigenvalue weighted by atomic mass is 16.5. The molecule has 0 unspecified atom stereocenters. The molecule has 1 amide bonds. The largest absolute Gasteiger partial charge is 0.476 e. The molecule has 7 heteroatoms. The highest BCUT2D eigenvalue weighted by Gasteiger charge is 2.05. The van der Waals surface area contributed by atoms with Gasteiger partial charge >= 0.3 is 0 Å². The van der Waals surface area contributed by atoms with E-state index in [1.54, 1.807) is 19.2 Å². The molecule has 7 nitrogen and oxygen atoms in total. The van der Waals surface area contributed by atoms with Crippen LogP contribution in [-0.4, -0.2) is 44.3 Å². The van der Waals surface area contributed by atoms with Crippen molar-refractivity contribution in [2.24, 2.45) is 0 Å². The number of anilines is 2. The van der Waals surface area contributed by atoms with E-state index in [0.29, 0.717) is 37.1 Å². The van der Waals surface area contributed by atoms with Gasteiger partial charge in [-0.2, -0.15) is 4.98 Å². The summed E-state index contributed by atoms with van der Waals surface area (Å²) in [6.07, 6.45) is 0.876. The number of ether oxygens (including phenoxy) is 2. The van der Waals surface area contributed by atoms with Gasteiger partial charge in [0.2, 0.25) is 11.8 Å². The number of amides is 1. The molecular weight excluding hydrogens is 260 g/mol. The Kier molecular flexibility index (Phi) is 7.20. The minimum atomic E-state index is -0.128. The molecule has 0 saturated heterocycles. The molecule has 0 fully saturated rings. The van der Waals surface area contributed by atoms with Crippen LogP contribution in [0, 0.1) is 0 Å². The van der Waals surface area contributed by atoms with Crippen LogP contribution in [0.15, 0.2) is 12.1 Å². The second-order valence-electron chi connectivity index (χ2n) is 4.14. The summed E-state index contributed by atoms with van der Waals surface area (Å²) in [4.78, 5) is 15.7. The van der Waals surface area contributed by atoms with Gasteiger partial charge in [-0.05, 0) is 18.6 Å². The number of pyridine rings is 1. The molecule has 1 rings (SSSR count). The summed E-state index contributed by atoms with van der Waals surface area (Å²) in [5, 5.41) is 5.62. The summed E-state index contributed by atoms with van der Waals surface area (Å²) < 4.78 is 10.3. The summed E-state index contributed by atoms with van der Waals surface area (Å²) >= 11 is 0. The van der Waals surface area contributed by atoms with Crippen LogP contribution >= 0.6 is 0 Å². The first kappa shape index (κ1) is 16.0. The molecule has 0 aromatic carbocycles. The van der Waals surface area contributed by atoms with E-state index in [2.05, 4.69) is 15.6 Å². The number of nitrogens with two attached hydrogens (primary N) is 1. The predicted molar refractivity (Wildman–Crippen MR) is 77.8 cm³/mol.